The fraction of sp³-hybridized carbons (Fsp3) is 0.280. The van der Waals surface area contributed by atoms with Gasteiger partial charge in [-0.3, -0.25) is 4.79 Å². The summed E-state index contributed by atoms with van der Waals surface area (Å²) in [4.78, 5) is 34.7. The van der Waals surface area contributed by atoms with Crippen molar-refractivity contribution in [3.63, 3.8) is 0 Å². The van der Waals surface area contributed by atoms with Crippen molar-refractivity contribution < 1.29 is 9.53 Å². The second-order valence-electron chi connectivity index (χ2n) is 8.42. The summed E-state index contributed by atoms with van der Waals surface area (Å²) in [5.74, 6) is 1.11. The van der Waals surface area contributed by atoms with E-state index in [0.29, 0.717) is 42.1 Å². The van der Waals surface area contributed by atoms with Gasteiger partial charge in [0.15, 0.2) is 5.65 Å². The van der Waals surface area contributed by atoms with Gasteiger partial charge in [0.05, 0.1) is 12.2 Å². The van der Waals surface area contributed by atoms with E-state index in [4.69, 9.17) is 9.72 Å². The number of hydrogen-bond donors (Lipinski definition) is 1. The van der Waals surface area contributed by atoms with Crippen LogP contribution in [0.15, 0.2) is 65.6 Å². The van der Waals surface area contributed by atoms with E-state index in [0.717, 1.165) is 24.0 Å². The van der Waals surface area contributed by atoms with Crippen molar-refractivity contribution in [2.45, 2.75) is 32.2 Å². The number of aromatic amines is 1. The molecular formula is C25H25N5O3. The number of benzene rings is 2. The molecule has 0 radical (unpaired) electrons. The molecular weight excluding hydrogens is 418 g/mol. The summed E-state index contributed by atoms with van der Waals surface area (Å²) in [5.41, 5.74) is 2.51. The van der Waals surface area contributed by atoms with Crippen molar-refractivity contribution in [1.82, 2.24) is 24.6 Å². The Hall–Kier alpha value is -3.94. The van der Waals surface area contributed by atoms with Gasteiger partial charge in [-0.15, -0.1) is 0 Å². The first-order valence-electron chi connectivity index (χ1n) is 11.1. The van der Waals surface area contributed by atoms with Crippen LogP contribution in [0.25, 0.3) is 11.0 Å². The Labute approximate surface area is 190 Å². The molecule has 168 valence electrons. The van der Waals surface area contributed by atoms with Crippen LogP contribution in [-0.4, -0.2) is 43.8 Å². The molecule has 1 aliphatic rings. The van der Waals surface area contributed by atoms with E-state index < -0.39 is 0 Å². The monoisotopic (exact) mass is 443 g/mol. The van der Waals surface area contributed by atoms with Crippen LogP contribution in [0.3, 0.4) is 0 Å². The summed E-state index contributed by atoms with van der Waals surface area (Å²) in [5, 5.41) is 4.92. The number of amides is 1. The van der Waals surface area contributed by atoms with Crippen molar-refractivity contribution >= 4 is 17.1 Å². The number of rotatable bonds is 4. The Morgan fingerprint density at radius 1 is 1.15 bits per heavy atom. The van der Waals surface area contributed by atoms with Crippen LogP contribution < -0.4 is 10.3 Å². The van der Waals surface area contributed by atoms with Crippen molar-refractivity contribution in [3.05, 3.63) is 88.1 Å². The second-order valence-corrected chi connectivity index (χ2v) is 8.42. The molecule has 1 N–H and O–H groups in total. The fourth-order valence-electron chi connectivity index (χ4n) is 4.21. The van der Waals surface area contributed by atoms with Crippen LogP contribution in [0.1, 0.15) is 35.8 Å². The SMILES string of the molecule is Cc1ccc(OC(=O)N2CCCC(n3ncc4c(=O)[nH]c(Cc5ccccc5)nc43)C2)cc1. The van der Waals surface area contributed by atoms with Crippen LogP contribution in [0, 0.1) is 6.92 Å². The molecule has 1 saturated heterocycles. The largest absolute Gasteiger partial charge is 0.415 e. The number of aromatic nitrogens is 4. The maximum Gasteiger partial charge on any atom is 0.415 e. The molecule has 1 atom stereocenters. The number of fused-ring (bicyclic) bond motifs is 1. The molecule has 0 spiro atoms. The molecule has 1 amide bonds. The Balaban J connectivity index is 1.37. The van der Waals surface area contributed by atoms with Crippen LogP contribution in [-0.2, 0) is 6.42 Å². The highest BCUT2D eigenvalue weighted by molar-refractivity contribution is 5.73. The van der Waals surface area contributed by atoms with E-state index in [1.807, 2.05) is 49.4 Å². The Morgan fingerprint density at radius 3 is 2.73 bits per heavy atom. The summed E-state index contributed by atoms with van der Waals surface area (Å²) in [6.07, 6.45) is 3.35. The van der Waals surface area contributed by atoms with E-state index in [2.05, 4.69) is 10.1 Å². The van der Waals surface area contributed by atoms with Crippen LogP contribution in [0.2, 0.25) is 0 Å². The number of likely N-dealkylation sites (tertiary alicyclic amines) is 1. The van der Waals surface area contributed by atoms with Crippen molar-refractivity contribution in [2.24, 2.45) is 0 Å². The molecule has 1 aliphatic heterocycles. The first-order chi connectivity index (χ1) is 16.1. The highest BCUT2D eigenvalue weighted by atomic mass is 16.6. The van der Waals surface area contributed by atoms with Crippen LogP contribution in [0.5, 0.6) is 5.75 Å². The Kier molecular flexibility index (Phi) is 5.64. The lowest BCUT2D eigenvalue weighted by atomic mass is 10.1. The molecule has 5 rings (SSSR count). The highest BCUT2D eigenvalue weighted by Crippen LogP contribution is 2.25. The fourth-order valence-corrected chi connectivity index (χ4v) is 4.21. The topological polar surface area (TPSA) is 93.1 Å². The normalized spacial score (nSPS) is 16.2. The number of piperidine rings is 1. The third-order valence-corrected chi connectivity index (χ3v) is 5.95. The Morgan fingerprint density at radius 2 is 1.94 bits per heavy atom. The predicted octanol–water partition coefficient (Wildman–Crippen LogP) is 3.85. The Bertz CT molecular complexity index is 1330. The van der Waals surface area contributed by atoms with Crippen LogP contribution in [0.4, 0.5) is 4.79 Å². The minimum atomic E-state index is -0.379. The number of carbonyl (C=O) groups is 1. The first kappa shape index (κ1) is 20.9. The molecule has 0 bridgehead atoms. The zero-order valence-electron chi connectivity index (χ0n) is 18.4. The number of hydrogen-bond acceptors (Lipinski definition) is 5. The van der Waals surface area contributed by atoms with E-state index >= 15 is 0 Å². The number of nitrogens with one attached hydrogen (secondary N) is 1. The van der Waals surface area contributed by atoms with Gasteiger partial charge in [-0.05, 0) is 37.5 Å². The number of nitrogens with zero attached hydrogens (tertiary/aromatic N) is 4. The molecule has 8 heteroatoms. The van der Waals surface area contributed by atoms with E-state index in [9.17, 15) is 9.59 Å². The average Bonchev–Trinajstić information content (AvgIpc) is 3.26. The van der Waals surface area contributed by atoms with E-state index in [1.165, 1.54) is 0 Å². The zero-order chi connectivity index (χ0) is 22.8. The lowest BCUT2D eigenvalue weighted by Gasteiger charge is -2.32. The maximum atomic E-state index is 12.7. The lowest BCUT2D eigenvalue weighted by molar-refractivity contribution is 0.126. The molecule has 33 heavy (non-hydrogen) atoms. The molecule has 1 fully saturated rings. The van der Waals surface area contributed by atoms with Gasteiger partial charge in [0.2, 0.25) is 0 Å². The molecule has 1 unspecified atom stereocenters. The third-order valence-electron chi connectivity index (χ3n) is 5.95. The molecule has 2 aromatic carbocycles. The minimum absolute atomic E-state index is 0.0827. The van der Waals surface area contributed by atoms with Crippen molar-refractivity contribution in [1.29, 1.82) is 0 Å². The van der Waals surface area contributed by atoms with Gasteiger partial charge in [-0.2, -0.15) is 5.10 Å². The van der Waals surface area contributed by atoms with Gasteiger partial charge >= 0.3 is 6.09 Å². The molecule has 8 nitrogen and oxygen atoms in total. The van der Waals surface area contributed by atoms with Gasteiger partial charge in [0.25, 0.3) is 5.56 Å². The number of aryl methyl sites for hydroxylation is 1. The third kappa shape index (κ3) is 4.50. The summed E-state index contributed by atoms with van der Waals surface area (Å²) in [6.45, 7) is 3.05. The second kappa shape index (κ2) is 8.90. The number of ether oxygens (including phenoxy) is 1. The number of H-pyrrole nitrogens is 1. The van der Waals surface area contributed by atoms with Gasteiger partial charge in [0, 0.05) is 19.5 Å². The average molecular weight is 444 g/mol. The standard InChI is InChI=1S/C25H25N5O3/c1-17-9-11-20(12-10-17)33-25(32)29-13-5-8-19(16-29)30-23-21(15-26-30)24(31)28-22(27-23)14-18-6-3-2-4-7-18/h2-4,6-7,9-12,15,19H,5,8,13-14,16H2,1H3,(H,27,28,31). The van der Waals surface area contributed by atoms with E-state index in [1.54, 1.807) is 27.9 Å². The highest BCUT2D eigenvalue weighted by Gasteiger charge is 2.28. The number of carbonyl (C=O) groups excluding carboxylic acids is 1. The van der Waals surface area contributed by atoms with Gasteiger partial charge in [-0.25, -0.2) is 14.5 Å². The summed E-state index contributed by atoms with van der Waals surface area (Å²) in [6, 6.07) is 17.2. The molecule has 3 heterocycles. The minimum Gasteiger partial charge on any atom is -0.410 e. The van der Waals surface area contributed by atoms with Gasteiger partial charge in [0.1, 0.15) is 17.0 Å². The molecule has 4 aromatic rings. The first-order valence-corrected chi connectivity index (χ1v) is 11.1. The quantitative estimate of drug-likeness (QED) is 0.517. The molecule has 2 aromatic heterocycles. The van der Waals surface area contributed by atoms with Gasteiger partial charge < -0.3 is 14.6 Å². The van der Waals surface area contributed by atoms with Gasteiger partial charge in [-0.1, -0.05) is 48.0 Å². The summed E-state index contributed by atoms with van der Waals surface area (Å²) >= 11 is 0. The molecule has 0 saturated carbocycles. The van der Waals surface area contributed by atoms with E-state index in [-0.39, 0.29) is 17.7 Å². The lowest BCUT2D eigenvalue weighted by Crippen LogP contribution is -2.42. The molecule has 0 aliphatic carbocycles. The predicted molar refractivity (Wildman–Crippen MR) is 124 cm³/mol. The van der Waals surface area contributed by atoms with Crippen molar-refractivity contribution in [2.75, 3.05) is 13.1 Å². The van der Waals surface area contributed by atoms with Crippen molar-refractivity contribution in [3.8, 4) is 5.75 Å². The maximum absolute atomic E-state index is 12.7. The summed E-state index contributed by atoms with van der Waals surface area (Å²) in [7, 11) is 0. The van der Waals surface area contributed by atoms with Crippen LogP contribution >= 0.6 is 0 Å². The summed E-state index contributed by atoms with van der Waals surface area (Å²) < 4.78 is 7.34. The smallest absolute Gasteiger partial charge is 0.410 e. The zero-order valence-corrected chi connectivity index (χ0v) is 18.4.